The summed E-state index contributed by atoms with van der Waals surface area (Å²) in [6, 6.07) is 0. The van der Waals surface area contributed by atoms with Crippen molar-refractivity contribution in [2.24, 2.45) is 0 Å². The van der Waals surface area contributed by atoms with E-state index in [0.717, 1.165) is 12.8 Å². The molecule has 6 nitrogen and oxygen atoms in total. The molecule has 0 saturated heterocycles. The van der Waals surface area contributed by atoms with Crippen molar-refractivity contribution >= 4 is 11.9 Å². The normalized spacial score (nSPS) is 14.3. The Morgan fingerprint density at radius 1 is 1.00 bits per heavy atom. The van der Waals surface area contributed by atoms with E-state index in [2.05, 4.69) is 13.0 Å². The van der Waals surface area contributed by atoms with Crippen LogP contribution in [0.3, 0.4) is 0 Å². The van der Waals surface area contributed by atoms with Gasteiger partial charge in [0.05, 0.1) is 40.1 Å². The third-order valence-corrected chi connectivity index (χ3v) is 4.15. The number of ether oxygens (including phenoxy) is 1. The minimum absolute atomic E-state index is 0.116. The summed E-state index contributed by atoms with van der Waals surface area (Å²) in [5.74, 6) is -1.55. The summed E-state index contributed by atoms with van der Waals surface area (Å²) in [6.45, 7) is 2.62. The maximum atomic E-state index is 12.0. The average molecular weight is 387 g/mol. The van der Waals surface area contributed by atoms with Gasteiger partial charge in [-0.1, -0.05) is 51.2 Å². The minimum Gasteiger partial charge on any atom is -0.481 e. The van der Waals surface area contributed by atoms with Gasteiger partial charge in [-0.15, -0.1) is 0 Å². The van der Waals surface area contributed by atoms with Crippen LogP contribution in [0, 0.1) is 0 Å². The number of aliphatic carboxylic acids is 1. The van der Waals surface area contributed by atoms with Crippen molar-refractivity contribution in [3.8, 4) is 0 Å². The number of allylic oxidation sites excluding steroid dienone is 1. The Morgan fingerprint density at radius 2 is 1.63 bits per heavy atom. The van der Waals surface area contributed by atoms with Crippen LogP contribution < -0.4 is 0 Å². The Kier molecular flexibility index (Phi) is 13.9. The second-order valence-electron chi connectivity index (χ2n) is 8.30. The summed E-state index contributed by atoms with van der Waals surface area (Å²) < 4.78 is 5.78. The lowest BCUT2D eigenvalue weighted by atomic mass is 10.1. The van der Waals surface area contributed by atoms with Crippen molar-refractivity contribution < 1.29 is 29.0 Å². The summed E-state index contributed by atoms with van der Waals surface area (Å²) >= 11 is 0. The molecule has 0 radical (unpaired) electrons. The zero-order valence-electron chi connectivity index (χ0n) is 17.7. The molecule has 6 heteroatoms. The van der Waals surface area contributed by atoms with Gasteiger partial charge in [0.2, 0.25) is 0 Å². The molecule has 0 aromatic carbocycles. The van der Waals surface area contributed by atoms with Crippen LogP contribution in [0.2, 0.25) is 0 Å². The first-order chi connectivity index (χ1) is 12.6. The van der Waals surface area contributed by atoms with Crippen LogP contribution in [-0.4, -0.2) is 66.5 Å². The van der Waals surface area contributed by atoms with Gasteiger partial charge < -0.3 is 19.4 Å². The van der Waals surface area contributed by atoms with E-state index in [9.17, 15) is 14.7 Å². The monoisotopic (exact) mass is 386 g/mol. The second kappa shape index (κ2) is 14.6. The molecule has 0 aliphatic carbocycles. The highest BCUT2D eigenvalue weighted by molar-refractivity contribution is 5.72. The number of aliphatic hydroxyl groups is 1. The highest BCUT2D eigenvalue weighted by atomic mass is 16.5. The molecule has 1 unspecified atom stereocenters. The summed E-state index contributed by atoms with van der Waals surface area (Å²) in [7, 11) is 5.73. The fourth-order valence-electron chi connectivity index (χ4n) is 2.87. The van der Waals surface area contributed by atoms with Gasteiger partial charge in [-0.05, 0) is 19.3 Å². The highest BCUT2D eigenvalue weighted by Crippen LogP contribution is 2.10. The Labute approximate surface area is 164 Å². The average Bonchev–Trinajstić information content (AvgIpc) is 2.50. The molecule has 0 rings (SSSR count). The summed E-state index contributed by atoms with van der Waals surface area (Å²) in [5.41, 5.74) is 0. The van der Waals surface area contributed by atoms with Crippen molar-refractivity contribution in [3.05, 3.63) is 12.2 Å². The van der Waals surface area contributed by atoms with Gasteiger partial charge in [-0.2, -0.15) is 0 Å². The Bertz CT molecular complexity index is 442. The number of nitrogens with zero attached hydrogens (tertiary/aromatic N) is 1. The largest absolute Gasteiger partial charge is 0.481 e. The zero-order valence-corrected chi connectivity index (χ0v) is 17.7. The molecular weight excluding hydrogens is 346 g/mol. The van der Waals surface area contributed by atoms with E-state index in [0.29, 0.717) is 17.4 Å². The molecule has 0 aromatic rings. The summed E-state index contributed by atoms with van der Waals surface area (Å²) in [6.07, 6.45) is 11.1. The topological polar surface area (TPSA) is 83.8 Å². The van der Waals surface area contributed by atoms with Crippen molar-refractivity contribution in [1.29, 1.82) is 0 Å². The van der Waals surface area contributed by atoms with E-state index in [1.54, 1.807) is 0 Å². The number of carbonyl (C=O) groups excluding carboxylic acids is 1. The molecule has 0 heterocycles. The van der Waals surface area contributed by atoms with E-state index in [1.807, 2.05) is 27.2 Å². The molecule has 2 N–H and O–H groups in total. The van der Waals surface area contributed by atoms with Gasteiger partial charge in [-0.25, -0.2) is 0 Å². The first-order valence-corrected chi connectivity index (χ1v) is 10.2. The number of carbonyl (C=O) groups is 2. The third kappa shape index (κ3) is 17.8. The van der Waals surface area contributed by atoms with Crippen LogP contribution in [0.1, 0.15) is 71.1 Å². The van der Waals surface area contributed by atoms with E-state index in [4.69, 9.17) is 9.84 Å². The number of unbranched alkanes of at least 4 members (excludes halogenated alkanes) is 6. The standard InChI is InChI=1S/C21H39NO5/c1-5-6-7-8-9-10-11-12-13-14-18(23)15-21(26)27-19(16-20(24)25)17-22(2,3)4/h12-13,18-19,23H,5-11,14-17H2,1-4H3/p+1/b13-12-/t18?,19-/m1/s1. The van der Waals surface area contributed by atoms with Gasteiger partial charge in [-0.3, -0.25) is 9.59 Å². The lowest BCUT2D eigenvalue weighted by Gasteiger charge is -2.28. The predicted octanol–water partition coefficient (Wildman–Crippen LogP) is 3.53. The number of quaternary nitrogens is 1. The summed E-state index contributed by atoms with van der Waals surface area (Å²) in [5, 5.41) is 18.9. The van der Waals surface area contributed by atoms with Crippen LogP contribution in [0.5, 0.6) is 0 Å². The molecule has 0 aromatic heterocycles. The molecule has 27 heavy (non-hydrogen) atoms. The molecule has 0 bridgehead atoms. The molecule has 0 saturated carbocycles. The van der Waals surface area contributed by atoms with E-state index in [1.165, 1.54) is 32.1 Å². The van der Waals surface area contributed by atoms with Gasteiger partial charge in [0, 0.05) is 0 Å². The van der Waals surface area contributed by atoms with Gasteiger partial charge >= 0.3 is 11.9 Å². The Balaban J connectivity index is 4.06. The molecular formula is C21H40NO5+. The maximum Gasteiger partial charge on any atom is 0.308 e. The lowest BCUT2D eigenvalue weighted by Crippen LogP contribution is -2.44. The van der Waals surface area contributed by atoms with Crippen LogP contribution in [0.15, 0.2) is 12.2 Å². The number of rotatable bonds is 16. The lowest BCUT2D eigenvalue weighted by molar-refractivity contribution is -0.873. The smallest absolute Gasteiger partial charge is 0.308 e. The van der Waals surface area contributed by atoms with Crippen molar-refractivity contribution in [3.63, 3.8) is 0 Å². The fourth-order valence-corrected chi connectivity index (χ4v) is 2.87. The van der Waals surface area contributed by atoms with Crippen LogP contribution >= 0.6 is 0 Å². The molecule has 0 fully saturated rings. The van der Waals surface area contributed by atoms with Crippen LogP contribution in [0.4, 0.5) is 0 Å². The van der Waals surface area contributed by atoms with Crippen molar-refractivity contribution in [2.75, 3.05) is 27.7 Å². The molecule has 158 valence electrons. The van der Waals surface area contributed by atoms with E-state index >= 15 is 0 Å². The molecule has 0 aliphatic heterocycles. The minimum atomic E-state index is -1.00. The predicted molar refractivity (Wildman–Crippen MR) is 107 cm³/mol. The number of esters is 1. The molecule has 0 amide bonds. The van der Waals surface area contributed by atoms with Gasteiger partial charge in [0.15, 0.2) is 6.10 Å². The van der Waals surface area contributed by atoms with Crippen molar-refractivity contribution in [2.45, 2.75) is 83.3 Å². The Morgan fingerprint density at radius 3 is 2.22 bits per heavy atom. The Hall–Kier alpha value is -1.40. The van der Waals surface area contributed by atoms with E-state index < -0.39 is 24.1 Å². The SMILES string of the molecule is CCCCCCCC/C=C\CC(O)CC(=O)O[C@H](CC(=O)O)C[N+](C)(C)C. The van der Waals surface area contributed by atoms with E-state index in [-0.39, 0.29) is 12.8 Å². The second-order valence-corrected chi connectivity index (χ2v) is 8.30. The first kappa shape index (κ1) is 25.6. The quantitative estimate of drug-likeness (QED) is 0.183. The number of hydrogen-bond acceptors (Lipinski definition) is 4. The van der Waals surface area contributed by atoms with Gasteiger partial charge in [0.25, 0.3) is 0 Å². The van der Waals surface area contributed by atoms with Crippen LogP contribution in [-0.2, 0) is 14.3 Å². The molecule has 0 spiro atoms. The summed E-state index contributed by atoms with van der Waals surface area (Å²) in [4.78, 5) is 22.9. The molecule has 2 atom stereocenters. The number of hydrogen-bond donors (Lipinski definition) is 2. The number of carboxylic acids is 1. The van der Waals surface area contributed by atoms with Crippen molar-refractivity contribution in [1.82, 2.24) is 0 Å². The van der Waals surface area contributed by atoms with Gasteiger partial charge in [0.1, 0.15) is 6.54 Å². The first-order valence-electron chi connectivity index (χ1n) is 10.2. The third-order valence-electron chi connectivity index (χ3n) is 4.15. The zero-order chi connectivity index (χ0) is 20.7. The molecule has 0 aliphatic rings. The number of likely N-dealkylation sites (N-methyl/N-ethyl adjacent to an activating group) is 1. The van der Waals surface area contributed by atoms with Crippen LogP contribution in [0.25, 0.3) is 0 Å². The number of carboxylic acid groups (broad SMARTS) is 1. The number of aliphatic hydroxyl groups excluding tert-OH is 1. The fraction of sp³-hybridized carbons (Fsp3) is 0.810. The highest BCUT2D eigenvalue weighted by Gasteiger charge is 2.25. The maximum absolute atomic E-state index is 12.0.